The van der Waals surface area contributed by atoms with Crippen LogP contribution in [0.2, 0.25) is 0 Å². The number of hydrogen-bond acceptors (Lipinski definition) is 3. The topological polar surface area (TPSA) is 83.5 Å². The van der Waals surface area contributed by atoms with Gasteiger partial charge in [-0.1, -0.05) is 42.4 Å². The minimum atomic E-state index is -4.03. The van der Waals surface area contributed by atoms with Crippen molar-refractivity contribution in [1.82, 2.24) is 5.32 Å². The third kappa shape index (κ3) is 10.8. The molecular formula is C22H37NO4S. The van der Waals surface area contributed by atoms with E-state index in [1.807, 2.05) is 0 Å². The fourth-order valence-electron chi connectivity index (χ4n) is 3.52. The van der Waals surface area contributed by atoms with Crippen LogP contribution in [0.4, 0.5) is 0 Å². The molecule has 1 unspecified atom stereocenters. The lowest BCUT2D eigenvalue weighted by Crippen LogP contribution is -2.36. The second-order valence-electron chi connectivity index (χ2n) is 8.26. The van der Waals surface area contributed by atoms with Crippen molar-refractivity contribution < 1.29 is 17.8 Å². The van der Waals surface area contributed by atoms with E-state index in [-0.39, 0.29) is 18.4 Å². The number of allylic oxidation sites excluding steroid dienone is 6. The maximum Gasteiger partial charge on any atom is 0.266 e. The van der Waals surface area contributed by atoms with E-state index in [0.717, 1.165) is 38.5 Å². The van der Waals surface area contributed by atoms with Gasteiger partial charge in [-0.25, -0.2) is 0 Å². The van der Waals surface area contributed by atoms with Gasteiger partial charge in [0.1, 0.15) is 0 Å². The van der Waals surface area contributed by atoms with Crippen molar-refractivity contribution in [3.63, 3.8) is 0 Å². The summed E-state index contributed by atoms with van der Waals surface area (Å²) in [5, 5.41) is 2.62. The maximum atomic E-state index is 12.1. The van der Waals surface area contributed by atoms with Gasteiger partial charge in [0.25, 0.3) is 10.1 Å². The number of rotatable bonds is 10. The summed E-state index contributed by atoms with van der Waals surface area (Å²) in [6.07, 6.45) is 14.8. The van der Waals surface area contributed by atoms with Gasteiger partial charge in [-0.15, -0.1) is 0 Å². The average Bonchev–Trinajstić information content (AvgIpc) is 2.60. The molecule has 1 amide bonds. The van der Waals surface area contributed by atoms with Crippen molar-refractivity contribution in [3.05, 3.63) is 35.5 Å². The van der Waals surface area contributed by atoms with Crippen LogP contribution in [0.1, 0.15) is 66.2 Å². The van der Waals surface area contributed by atoms with Crippen molar-refractivity contribution in [2.24, 2.45) is 17.8 Å². The van der Waals surface area contributed by atoms with Crippen LogP contribution in [0.3, 0.4) is 0 Å². The molecule has 28 heavy (non-hydrogen) atoms. The summed E-state index contributed by atoms with van der Waals surface area (Å²) < 4.78 is 30.1. The van der Waals surface area contributed by atoms with Gasteiger partial charge in [0.05, 0.1) is 5.75 Å². The third-order valence-corrected chi connectivity index (χ3v) is 6.09. The van der Waals surface area contributed by atoms with E-state index in [1.165, 1.54) is 11.1 Å². The van der Waals surface area contributed by atoms with Crippen molar-refractivity contribution in [1.29, 1.82) is 0 Å². The normalized spacial score (nSPS) is 22.1. The van der Waals surface area contributed by atoms with E-state index in [1.54, 1.807) is 0 Å². The lowest BCUT2D eigenvalue weighted by Gasteiger charge is -2.28. The first-order valence-electron chi connectivity index (χ1n) is 10.3. The van der Waals surface area contributed by atoms with E-state index in [4.69, 9.17) is 4.55 Å². The molecule has 2 N–H and O–H groups in total. The summed E-state index contributed by atoms with van der Waals surface area (Å²) in [6, 6.07) is 0. The fraction of sp³-hybridized carbons (Fsp3) is 0.682. The number of nitrogens with one attached hydrogen (secondary N) is 1. The highest BCUT2D eigenvalue weighted by Crippen LogP contribution is 2.33. The van der Waals surface area contributed by atoms with Gasteiger partial charge in [0, 0.05) is 12.5 Å². The van der Waals surface area contributed by atoms with Gasteiger partial charge < -0.3 is 5.32 Å². The standard InChI is InChI=1S/C22H37NO4S/c1-17(2)7-5-8-18(3)9-6-10-19(4)20-11-13-21(14-12-20)22(24)23-15-16-28(25,26)27/h6-7,9-10,18,20-21H,5,8,11-16H2,1-4H3,(H,23,24)(H,25,26,27)/b9-6+,19-10+. The van der Waals surface area contributed by atoms with Gasteiger partial charge >= 0.3 is 0 Å². The van der Waals surface area contributed by atoms with E-state index in [0.29, 0.717) is 11.8 Å². The zero-order chi connectivity index (χ0) is 21.2. The highest BCUT2D eigenvalue weighted by atomic mass is 32.2. The molecule has 0 aromatic carbocycles. The molecule has 0 aromatic heterocycles. The highest BCUT2D eigenvalue weighted by molar-refractivity contribution is 7.85. The average molecular weight is 412 g/mol. The van der Waals surface area contributed by atoms with Gasteiger partial charge in [-0.2, -0.15) is 8.42 Å². The summed E-state index contributed by atoms with van der Waals surface area (Å²) in [7, 11) is -4.03. The molecule has 1 fully saturated rings. The van der Waals surface area contributed by atoms with E-state index >= 15 is 0 Å². The lowest BCUT2D eigenvalue weighted by atomic mass is 9.78. The minimum Gasteiger partial charge on any atom is -0.355 e. The maximum absolute atomic E-state index is 12.1. The van der Waals surface area contributed by atoms with E-state index in [9.17, 15) is 13.2 Å². The quantitative estimate of drug-likeness (QED) is 0.310. The molecule has 1 rings (SSSR count). The Bertz CT molecular complexity index is 679. The Morgan fingerprint density at radius 3 is 2.32 bits per heavy atom. The Morgan fingerprint density at radius 1 is 1.14 bits per heavy atom. The highest BCUT2D eigenvalue weighted by Gasteiger charge is 2.26. The van der Waals surface area contributed by atoms with Crippen LogP contribution in [0.5, 0.6) is 0 Å². The molecule has 5 nitrogen and oxygen atoms in total. The zero-order valence-electron chi connectivity index (χ0n) is 17.8. The Labute approximate surface area is 171 Å². The Kier molecular flexibility index (Phi) is 10.8. The Balaban J connectivity index is 2.37. The van der Waals surface area contributed by atoms with Gasteiger partial charge in [-0.3, -0.25) is 9.35 Å². The van der Waals surface area contributed by atoms with Crippen molar-refractivity contribution in [2.45, 2.75) is 66.2 Å². The molecule has 0 radical (unpaired) electrons. The van der Waals surface area contributed by atoms with Gasteiger partial charge in [0.2, 0.25) is 5.91 Å². The second kappa shape index (κ2) is 12.2. The van der Waals surface area contributed by atoms with Crippen molar-refractivity contribution in [2.75, 3.05) is 12.3 Å². The molecule has 160 valence electrons. The number of hydrogen-bond donors (Lipinski definition) is 2. The minimum absolute atomic E-state index is 0.0346. The van der Waals surface area contributed by atoms with Crippen molar-refractivity contribution in [3.8, 4) is 0 Å². The lowest BCUT2D eigenvalue weighted by molar-refractivity contribution is -0.126. The van der Waals surface area contributed by atoms with Crippen LogP contribution in [0.25, 0.3) is 0 Å². The molecule has 1 aliphatic rings. The number of amides is 1. The SMILES string of the molecule is CC(C)=CCCC(C)/C=C/C=C(\C)C1CCC(C(=O)NCCS(=O)(=O)O)CC1. The van der Waals surface area contributed by atoms with Crippen LogP contribution in [0.15, 0.2) is 35.5 Å². The smallest absolute Gasteiger partial charge is 0.266 e. The predicted molar refractivity (Wildman–Crippen MR) is 116 cm³/mol. The second-order valence-corrected chi connectivity index (χ2v) is 9.83. The van der Waals surface area contributed by atoms with Crippen molar-refractivity contribution >= 4 is 16.0 Å². The van der Waals surface area contributed by atoms with Gasteiger partial charge in [0.15, 0.2) is 0 Å². The number of carbonyl (C=O) groups is 1. The van der Waals surface area contributed by atoms with Crippen LogP contribution in [0, 0.1) is 17.8 Å². The third-order valence-electron chi connectivity index (χ3n) is 5.37. The summed E-state index contributed by atoms with van der Waals surface area (Å²) >= 11 is 0. The van der Waals surface area contributed by atoms with Crippen LogP contribution < -0.4 is 5.32 Å². The van der Waals surface area contributed by atoms with E-state index < -0.39 is 15.9 Å². The molecule has 0 saturated heterocycles. The number of carbonyl (C=O) groups excluding carboxylic acids is 1. The Hall–Kier alpha value is -1.40. The summed E-state index contributed by atoms with van der Waals surface area (Å²) in [4.78, 5) is 12.1. The van der Waals surface area contributed by atoms with Gasteiger partial charge in [-0.05, 0) is 71.1 Å². The Morgan fingerprint density at radius 2 is 1.75 bits per heavy atom. The van der Waals surface area contributed by atoms with Crippen LogP contribution >= 0.6 is 0 Å². The summed E-state index contributed by atoms with van der Waals surface area (Å²) in [5.41, 5.74) is 2.73. The molecule has 0 heterocycles. The molecule has 0 spiro atoms. The molecular weight excluding hydrogens is 374 g/mol. The molecule has 0 aliphatic heterocycles. The first kappa shape index (κ1) is 24.6. The van der Waals surface area contributed by atoms with E-state index in [2.05, 4.69) is 57.3 Å². The molecule has 0 bridgehead atoms. The molecule has 0 aromatic rings. The molecule has 6 heteroatoms. The molecule has 1 aliphatic carbocycles. The predicted octanol–water partition coefficient (Wildman–Crippen LogP) is 4.68. The summed E-state index contributed by atoms with van der Waals surface area (Å²) in [5.74, 6) is 0.467. The van der Waals surface area contributed by atoms with Crippen LogP contribution in [-0.2, 0) is 14.9 Å². The molecule has 1 atom stereocenters. The first-order valence-corrected chi connectivity index (χ1v) is 11.9. The summed E-state index contributed by atoms with van der Waals surface area (Å²) in [6.45, 7) is 8.63. The zero-order valence-corrected chi connectivity index (χ0v) is 18.6. The fourth-order valence-corrected chi connectivity index (χ4v) is 3.88. The molecule has 1 saturated carbocycles. The monoisotopic (exact) mass is 411 g/mol. The first-order chi connectivity index (χ1) is 13.1. The van der Waals surface area contributed by atoms with Crippen LogP contribution in [-0.4, -0.2) is 31.2 Å². The largest absolute Gasteiger partial charge is 0.355 e.